The highest BCUT2D eigenvalue weighted by molar-refractivity contribution is 14.0. The Balaban J connectivity index is 0.00000576. The Hall–Kier alpha value is -1.22. The molecule has 0 aliphatic heterocycles. The summed E-state index contributed by atoms with van der Waals surface area (Å²) in [4.78, 5) is 4.51. The summed E-state index contributed by atoms with van der Waals surface area (Å²) in [7, 11) is 1.61. The maximum absolute atomic E-state index is 10.4. The molecule has 0 aromatic heterocycles. The van der Waals surface area contributed by atoms with Gasteiger partial charge in [-0.2, -0.15) is 0 Å². The molecule has 7 heteroatoms. The summed E-state index contributed by atoms with van der Waals surface area (Å²) < 4.78 is 10.9. The van der Waals surface area contributed by atoms with Crippen molar-refractivity contribution >= 4 is 35.6 Å². The minimum absolute atomic E-state index is 0. The van der Waals surface area contributed by atoms with Crippen LogP contribution in [0.5, 0.6) is 11.5 Å². The standard InChI is InChI=1S/C18H31N3O3.HI/c1-6-18(22,7-2)13-20-17(19-8-3)21-14-10-11-15(24-9-4)16(12-14)23-5;/h10-12,22H,6-9,13H2,1-5H3,(H2,19,20,21);1H. The van der Waals surface area contributed by atoms with E-state index in [2.05, 4.69) is 15.6 Å². The Morgan fingerprint density at radius 1 is 1.16 bits per heavy atom. The largest absolute Gasteiger partial charge is 0.493 e. The van der Waals surface area contributed by atoms with Gasteiger partial charge in [0.25, 0.3) is 0 Å². The van der Waals surface area contributed by atoms with E-state index < -0.39 is 5.60 Å². The number of methoxy groups -OCH3 is 1. The summed E-state index contributed by atoms with van der Waals surface area (Å²) in [5, 5.41) is 16.8. The van der Waals surface area contributed by atoms with E-state index in [0.29, 0.717) is 43.5 Å². The molecule has 0 amide bonds. The van der Waals surface area contributed by atoms with E-state index >= 15 is 0 Å². The molecule has 6 nitrogen and oxygen atoms in total. The number of halogens is 1. The van der Waals surface area contributed by atoms with Gasteiger partial charge < -0.3 is 25.2 Å². The van der Waals surface area contributed by atoms with Crippen LogP contribution >= 0.6 is 24.0 Å². The lowest BCUT2D eigenvalue weighted by atomic mass is 9.98. The lowest BCUT2D eigenvalue weighted by Crippen LogP contribution is -2.35. The molecule has 3 N–H and O–H groups in total. The first-order valence-electron chi connectivity index (χ1n) is 8.60. The second-order valence-corrected chi connectivity index (χ2v) is 5.55. The second kappa shape index (κ2) is 12.2. The number of hydrogen-bond acceptors (Lipinski definition) is 4. The van der Waals surface area contributed by atoms with Crippen molar-refractivity contribution in [1.82, 2.24) is 5.32 Å². The van der Waals surface area contributed by atoms with Gasteiger partial charge in [-0.25, -0.2) is 0 Å². The van der Waals surface area contributed by atoms with E-state index in [4.69, 9.17) is 9.47 Å². The number of guanidine groups is 1. The summed E-state index contributed by atoms with van der Waals surface area (Å²) >= 11 is 0. The van der Waals surface area contributed by atoms with Gasteiger partial charge >= 0.3 is 0 Å². The zero-order valence-electron chi connectivity index (χ0n) is 15.9. The van der Waals surface area contributed by atoms with Crippen LogP contribution in [-0.4, -0.2) is 43.5 Å². The molecule has 0 saturated heterocycles. The lowest BCUT2D eigenvalue weighted by Gasteiger charge is -2.23. The molecule has 1 aromatic carbocycles. The van der Waals surface area contributed by atoms with Crippen LogP contribution in [0.4, 0.5) is 5.69 Å². The first-order valence-corrected chi connectivity index (χ1v) is 8.60. The summed E-state index contributed by atoms with van der Waals surface area (Å²) in [5.74, 6) is 2.00. The summed E-state index contributed by atoms with van der Waals surface area (Å²) in [5.41, 5.74) is 0.0744. The molecule has 0 saturated carbocycles. The molecule has 0 bridgehead atoms. The molecule has 0 radical (unpaired) electrons. The van der Waals surface area contributed by atoms with E-state index in [-0.39, 0.29) is 24.0 Å². The maximum Gasteiger partial charge on any atom is 0.195 e. The van der Waals surface area contributed by atoms with E-state index in [1.165, 1.54) is 0 Å². The fraction of sp³-hybridized carbons (Fsp3) is 0.611. The topological polar surface area (TPSA) is 75.1 Å². The highest BCUT2D eigenvalue weighted by Crippen LogP contribution is 2.30. The number of aliphatic hydroxyl groups is 1. The zero-order valence-corrected chi connectivity index (χ0v) is 18.2. The third kappa shape index (κ3) is 7.68. The molecule has 0 aliphatic carbocycles. The second-order valence-electron chi connectivity index (χ2n) is 5.55. The van der Waals surface area contributed by atoms with Crippen molar-refractivity contribution in [3.8, 4) is 11.5 Å². The van der Waals surface area contributed by atoms with Crippen LogP contribution in [0.25, 0.3) is 0 Å². The van der Waals surface area contributed by atoms with Crippen molar-refractivity contribution in [2.45, 2.75) is 46.1 Å². The van der Waals surface area contributed by atoms with E-state index in [9.17, 15) is 5.11 Å². The predicted octanol–water partition coefficient (Wildman–Crippen LogP) is 3.64. The number of hydrogen-bond donors (Lipinski definition) is 3. The molecule has 1 aromatic rings. The van der Waals surface area contributed by atoms with Gasteiger partial charge in [0.1, 0.15) is 0 Å². The van der Waals surface area contributed by atoms with Crippen LogP contribution in [0.3, 0.4) is 0 Å². The van der Waals surface area contributed by atoms with Crippen LogP contribution in [0, 0.1) is 0 Å². The first-order chi connectivity index (χ1) is 11.5. The van der Waals surface area contributed by atoms with Crippen LogP contribution in [0.1, 0.15) is 40.5 Å². The number of nitrogens with one attached hydrogen (secondary N) is 2. The molecule has 25 heavy (non-hydrogen) atoms. The van der Waals surface area contributed by atoms with Gasteiger partial charge in [-0.15, -0.1) is 24.0 Å². The zero-order chi connectivity index (χ0) is 18.0. The highest BCUT2D eigenvalue weighted by atomic mass is 127. The number of nitrogens with zero attached hydrogens (tertiary/aromatic N) is 1. The van der Waals surface area contributed by atoms with Crippen molar-refractivity contribution in [2.75, 3.05) is 32.1 Å². The molecular weight excluding hydrogens is 433 g/mol. The molecule has 144 valence electrons. The van der Waals surface area contributed by atoms with Crippen molar-refractivity contribution in [1.29, 1.82) is 0 Å². The van der Waals surface area contributed by atoms with Gasteiger partial charge in [0, 0.05) is 18.3 Å². The minimum atomic E-state index is -0.765. The van der Waals surface area contributed by atoms with E-state index in [0.717, 1.165) is 12.2 Å². The fourth-order valence-electron chi connectivity index (χ4n) is 2.16. The third-order valence-corrected chi connectivity index (χ3v) is 3.92. The Kier molecular flexibility index (Phi) is 11.6. The smallest absolute Gasteiger partial charge is 0.195 e. The minimum Gasteiger partial charge on any atom is -0.493 e. The van der Waals surface area contributed by atoms with Gasteiger partial charge in [-0.3, -0.25) is 4.99 Å². The summed E-state index contributed by atoms with van der Waals surface area (Å²) in [6.45, 7) is 9.54. The van der Waals surface area contributed by atoms with Gasteiger partial charge in [-0.05, 0) is 38.8 Å². The van der Waals surface area contributed by atoms with Crippen LogP contribution < -0.4 is 20.1 Å². The van der Waals surface area contributed by atoms with Gasteiger partial charge in [0.05, 0.1) is 25.9 Å². The summed E-state index contributed by atoms with van der Waals surface area (Å²) in [6, 6.07) is 5.64. The number of ether oxygens (including phenoxy) is 2. The monoisotopic (exact) mass is 465 g/mol. The molecule has 0 spiro atoms. The highest BCUT2D eigenvalue weighted by Gasteiger charge is 2.21. The fourth-order valence-corrected chi connectivity index (χ4v) is 2.16. The molecule has 0 heterocycles. The van der Waals surface area contributed by atoms with Crippen molar-refractivity contribution < 1.29 is 14.6 Å². The third-order valence-electron chi connectivity index (χ3n) is 3.92. The van der Waals surface area contributed by atoms with Crippen molar-refractivity contribution in [3.05, 3.63) is 18.2 Å². The SMILES string of the molecule is CCNC(=NCC(O)(CC)CC)Nc1ccc(OCC)c(OC)c1.I. The van der Waals surface area contributed by atoms with Crippen molar-refractivity contribution in [3.63, 3.8) is 0 Å². The van der Waals surface area contributed by atoms with E-state index in [1.807, 2.05) is 45.9 Å². The Morgan fingerprint density at radius 3 is 2.36 bits per heavy atom. The Bertz CT molecular complexity index is 534. The average Bonchev–Trinajstić information content (AvgIpc) is 2.61. The molecular formula is C18H32IN3O3. The Morgan fingerprint density at radius 2 is 1.84 bits per heavy atom. The van der Waals surface area contributed by atoms with Gasteiger partial charge in [0.15, 0.2) is 17.5 Å². The molecule has 0 unspecified atom stereocenters. The maximum atomic E-state index is 10.4. The molecule has 0 fully saturated rings. The molecule has 0 atom stereocenters. The van der Waals surface area contributed by atoms with Crippen LogP contribution in [-0.2, 0) is 0 Å². The van der Waals surface area contributed by atoms with Gasteiger partial charge in [-0.1, -0.05) is 13.8 Å². The van der Waals surface area contributed by atoms with Crippen LogP contribution in [0.2, 0.25) is 0 Å². The number of aliphatic imine (C=N–C) groups is 1. The quantitative estimate of drug-likeness (QED) is 0.295. The molecule has 1 rings (SSSR count). The number of rotatable bonds is 9. The van der Waals surface area contributed by atoms with Crippen LogP contribution in [0.15, 0.2) is 23.2 Å². The van der Waals surface area contributed by atoms with E-state index in [1.54, 1.807) is 7.11 Å². The Labute approximate surface area is 168 Å². The van der Waals surface area contributed by atoms with Gasteiger partial charge in [0.2, 0.25) is 0 Å². The summed E-state index contributed by atoms with van der Waals surface area (Å²) in [6.07, 6.45) is 1.34. The van der Waals surface area contributed by atoms with Crippen molar-refractivity contribution in [2.24, 2.45) is 4.99 Å². The predicted molar refractivity (Wildman–Crippen MR) is 115 cm³/mol. The lowest BCUT2D eigenvalue weighted by molar-refractivity contribution is 0.0419. The number of benzene rings is 1. The molecule has 0 aliphatic rings. The normalized spacial score (nSPS) is 11.5. The number of anilines is 1. The average molecular weight is 465 g/mol. The first kappa shape index (κ1) is 23.8.